The van der Waals surface area contributed by atoms with Crippen LogP contribution in [0.15, 0.2) is 42.5 Å². The van der Waals surface area contributed by atoms with Gasteiger partial charge < -0.3 is 25.4 Å². The van der Waals surface area contributed by atoms with E-state index in [4.69, 9.17) is 16.3 Å². The van der Waals surface area contributed by atoms with E-state index in [9.17, 15) is 15.3 Å². The molecule has 0 radical (unpaired) electrons. The molecule has 5 atom stereocenters. The summed E-state index contributed by atoms with van der Waals surface area (Å²) in [5.41, 5.74) is 3.87. The molecule has 0 bridgehead atoms. The summed E-state index contributed by atoms with van der Waals surface area (Å²) in [5.74, 6) is 0.652. The number of benzene rings is 2. The summed E-state index contributed by atoms with van der Waals surface area (Å²) < 4.78 is 5.64. The molecule has 0 amide bonds. The molecule has 8 heteroatoms. The van der Waals surface area contributed by atoms with Gasteiger partial charge in [0.2, 0.25) is 5.28 Å². The van der Waals surface area contributed by atoms with Crippen LogP contribution in [0, 0.1) is 0 Å². The van der Waals surface area contributed by atoms with Crippen molar-refractivity contribution in [2.24, 2.45) is 0 Å². The maximum Gasteiger partial charge on any atom is 0.224 e. The Labute approximate surface area is 178 Å². The Balaban J connectivity index is 1.48. The summed E-state index contributed by atoms with van der Waals surface area (Å²) in [6, 6.07) is 14.0. The number of nitrogens with one attached hydrogen (secondary N) is 1. The van der Waals surface area contributed by atoms with Gasteiger partial charge in [-0.1, -0.05) is 30.3 Å². The largest absolute Gasteiger partial charge is 0.394 e. The van der Waals surface area contributed by atoms with Gasteiger partial charge in [0.1, 0.15) is 30.2 Å². The first-order chi connectivity index (χ1) is 14.5. The molecule has 4 N–H and O–H groups in total. The van der Waals surface area contributed by atoms with Crippen LogP contribution in [-0.2, 0) is 11.2 Å². The van der Waals surface area contributed by atoms with E-state index in [-0.39, 0.29) is 17.9 Å². The number of aliphatic hydroxyl groups excluding tert-OH is 3. The van der Waals surface area contributed by atoms with Crippen molar-refractivity contribution in [1.29, 1.82) is 0 Å². The molecule has 0 saturated carbocycles. The number of aromatic nitrogens is 2. The Kier molecular flexibility index (Phi) is 5.08. The number of aryl methyl sites for hydroxylation is 1. The number of rotatable bonds is 4. The van der Waals surface area contributed by atoms with Crippen LogP contribution in [0.2, 0.25) is 5.28 Å². The molecule has 2 heterocycles. The Hall–Kier alpha value is -2.29. The van der Waals surface area contributed by atoms with Crippen molar-refractivity contribution in [2.45, 2.75) is 43.3 Å². The number of fused-ring (bicyclic) bond motifs is 2. The topological polar surface area (TPSA) is 108 Å². The molecule has 1 saturated heterocycles. The number of nitrogens with zero attached hydrogens (tertiary/aromatic N) is 2. The van der Waals surface area contributed by atoms with Crippen LogP contribution in [0.1, 0.15) is 35.3 Å². The second kappa shape index (κ2) is 7.76. The zero-order chi connectivity index (χ0) is 20.8. The van der Waals surface area contributed by atoms with E-state index in [0.717, 1.165) is 18.2 Å². The van der Waals surface area contributed by atoms with Gasteiger partial charge >= 0.3 is 0 Å². The number of ether oxygens (including phenoxy) is 1. The van der Waals surface area contributed by atoms with E-state index in [1.54, 1.807) is 6.07 Å². The number of hydrogen-bond acceptors (Lipinski definition) is 7. The van der Waals surface area contributed by atoms with Gasteiger partial charge in [-0.3, -0.25) is 0 Å². The predicted octanol–water partition coefficient (Wildman–Crippen LogP) is 2.54. The summed E-state index contributed by atoms with van der Waals surface area (Å²) >= 11 is 6.20. The Bertz CT molecular complexity index is 1100. The summed E-state index contributed by atoms with van der Waals surface area (Å²) in [5, 5.41) is 34.1. The summed E-state index contributed by atoms with van der Waals surface area (Å²) in [7, 11) is 0. The third kappa shape index (κ3) is 3.33. The van der Waals surface area contributed by atoms with Crippen LogP contribution in [0.5, 0.6) is 0 Å². The molecular weight excluding hydrogens is 406 g/mol. The van der Waals surface area contributed by atoms with Crippen molar-refractivity contribution in [3.63, 3.8) is 0 Å². The van der Waals surface area contributed by atoms with Crippen LogP contribution in [0.4, 0.5) is 5.82 Å². The minimum absolute atomic E-state index is 0.120. The second-order valence-corrected chi connectivity index (χ2v) is 8.15. The minimum atomic E-state index is -1.15. The first kappa shape index (κ1) is 19.7. The zero-order valence-corrected chi connectivity index (χ0v) is 16.8. The minimum Gasteiger partial charge on any atom is -0.394 e. The average molecular weight is 428 g/mol. The molecule has 7 nitrogen and oxygen atoms in total. The number of anilines is 1. The third-order valence-corrected chi connectivity index (χ3v) is 6.18. The molecule has 1 unspecified atom stereocenters. The molecule has 1 aliphatic heterocycles. The van der Waals surface area contributed by atoms with Gasteiger partial charge in [-0.25, -0.2) is 9.97 Å². The predicted molar refractivity (Wildman–Crippen MR) is 112 cm³/mol. The fourth-order valence-corrected chi connectivity index (χ4v) is 4.63. The number of aliphatic hydroxyl groups is 3. The molecule has 1 aliphatic carbocycles. The molecule has 1 fully saturated rings. The highest BCUT2D eigenvalue weighted by Gasteiger charge is 2.43. The second-order valence-electron chi connectivity index (χ2n) is 7.81. The van der Waals surface area contributed by atoms with Crippen molar-refractivity contribution >= 4 is 28.3 Å². The first-order valence-electron chi connectivity index (χ1n) is 9.99. The lowest BCUT2D eigenvalue weighted by atomic mass is 10.0. The maximum atomic E-state index is 10.3. The fourth-order valence-electron chi connectivity index (χ4n) is 4.45. The Morgan fingerprint density at radius 3 is 2.73 bits per heavy atom. The molecule has 0 spiro atoms. The summed E-state index contributed by atoms with van der Waals surface area (Å²) in [4.78, 5) is 8.74. The van der Waals surface area contributed by atoms with Crippen molar-refractivity contribution in [3.8, 4) is 0 Å². The molecule has 156 valence electrons. The quantitative estimate of drug-likeness (QED) is 0.474. The van der Waals surface area contributed by atoms with Crippen LogP contribution in [0.3, 0.4) is 0 Å². The van der Waals surface area contributed by atoms with Crippen molar-refractivity contribution in [1.82, 2.24) is 9.97 Å². The Morgan fingerprint density at radius 1 is 1.10 bits per heavy atom. The van der Waals surface area contributed by atoms with Crippen molar-refractivity contribution in [2.75, 3.05) is 11.9 Å². The van der Waals surface area contributed by atoms with Gasteiger partial charge in [0.05, 0.1) is 18.2 Å². The van der Waals surface area contributed by atoms with Gasteiger partial charge in [-0.15, -0.1) is 0 Å². The monoisotopic (exact) mass is 427 g/mol. The van der Waals surface area contributed by atoms with Gasteiger partial charge in [0, 0.05) is 5.39 Å². The van der Waals surface area contributed by atoms with Crippen LogP contribution < -0.4 is 5.32 Å². The van der Waals surface area contributed by atoms with Gasteiger partial charge in [0.25, 0.3) is 0 Å². The SMILES string of the molecule is OC[C@H]1O[C@@H](c2ccc3c(NC4CCc5ccccc54)nc(Cl)nc3c2)[C@H](O)[C@@H]1O. The lowest BCUT2D eigenvalue weighted by molar-refractivity contribution is -0.0227. The van der Waals surface area contributed by atoms with Gasteiger partial charge in [-0.2, -0.15) is 0 Å². The highest BCUT2D eigenvalue weighted by atomic mass is 35.5. The van der Waals surface area contributed by atoms with E-state index in [2.05, 4.69) is 33.5 Å². The van der Waals surface area contributed by atoms with E-state index < -0.39 is 24.4 Å². The molecule has 2 aliphatic rings. The average Bonchev–Trinajstić information content (AvgIpc) is 3.28. The molecular formula is C22H22ClN3O4. The lowest BCUT2D eigenvalue weighted by Gasteiger charge is -2.18. The van der Waals surface area contributed by atoms with E-state index in [1.165, 1.54) is 11.1 Å². The molecule has 3 aromatic rings. The van der Waals surface area contributed by atoms with Crippen molar-refractivity contribution in [3.05, 3.63) is 64.4 Å². The fraction of sp³-hybridized carbons (Fsp3) is 0.364. The lowest BCUT2D eigenvalue weighted by Crippen LogP contribution is -2.32. The molecule has 30 heavy (non-hydrogen) atoms. The normalized spacial score (nSPS) is 28.1. The van der Waals surface area contributed by atoms with Crippen LogP contribution >= 0.6 is 11.6 Å². The standard InChI is InChI=1S/C22H22ClN3O4/c23-22-25-16-9-12(20-19(29)18(28)17(10-27)30-20)5-7-14(16)21(26-22)24-15-8-6-11-3-1-2-4-13(11)15/h1-5,7,9,15,17-20,27-29H,6,8,10H2,(H,24,25,26)/t15?,17-,18-,19-,20+/m1/s1. The van der Waals surface area contributed by atoms with Crippen LogP contribution in [0.25, 0.3) is 10.9 Å². The van der Waals surface area contributed by atoms with E-state index in [0.29, 0.717) is 16.9 Å². The highest BCUT2D eigenvalue weighted by Crippen LogP contribution is 2.37. The maximum absolute atomic E-state index is 10.3. The number of hydrogen-bond donors (Lipinski definition) is 4. The smallest absolute Gasteiger partial charge is 0.224 e. The third-order valence-electron chi connectivity index (χ3n) is 6.01. The molecule has 5 rings (SSSR count). The van der Waals surface area contributed by atoms with E-state index >= 15 is 0 Å². The highest BCUT2D eigenvalue weighted by molar-refractivity contribution is 6.28. The zero-order valence-electron chi connectivity index (χ0n) is 16.1. The number of halogens is 1. The summed E-state index contributed by atoms with van der Waals surface area (Å²) in [6.45, 7) is -0.368. The first-order valence-corrected chi connectivity index (χ1v) is 10.4. The van der Waals surface area contributed by atoms with E-state index in [1.807, 2.05) is 18.2 Å². The van der Waals surface area contributed by atoms with Crippen LogP contribution in [-0.4, -0.2) is 50.2 Å². The molecule has 1 aromatic heterocycles. The Morgan fingerprint density at radius 2 is 1.93 bits per heavy atom. The van der Waals surface area contributed by atoms with Gasteiger partial charge in [-0.05, 0) is 53.3 Å². The molecule has 2 aromatic carbocycles. The van der Waals surface area contributed by atoms with Crippen molar-refractivity contribution < 1.29 is 20.1 Å². The summed E-state index contributed by atoms with van der Waals surface area (Å²) in [6.07, 6.45) is -1.88. The van der Waals surface area contributed by atoms with Gasteiger partial charge in [0.15, 0.2) is 0 Å².